The molecule has 22 heavy (non-hydrogen) atoms. The summed E-state index contributed by atoms with van der Waals surface area (Å²) in [4.78, 5) is 0. The molecule has 1 aromatic carbocycles. The summed E-state index contributed by atoms with van der Waals surface area (Å²) in [5, 5.41) is 7.50. The van der Waals surface area contributed by atoms with Gasteiger partial charge in [0.25, 0.3) is 0 Å². The van der Waals surface area contributed by atoms with Gasteiger partial charge in [-0.1, -0.05) is 30.5 Å². The average molecular weight is 314 g/mol. The van der Waals surface area contributed by atoms with Gasteiger partial charge in [-0.3, -0.25) is 0 Å². The Morgan fingerprint density at radius 3 is 2.59 bits per heavy atom. The molecular weight excluding hydrogens is 292 g/mol. The summed E-state index contributed by atoms with van der Waals surface area (Å²) in [5.41, 5.74) is 3.34. The highest BCUT2D eigenvalue weighted by Gasteiger charge is 2.38. The highest BCUT2D eigenvalue weighted by molar-refractivity contribution is 7.80. The molecule has 0 unspecified atom stereocenters. The monoisotopic (exact) mass is 314 g/mol. The van der Waals surface area contributed by atoms with Gasteiger partial charge in [-0.2, -0.15) is 0 Å². The first kappa shape index (κ1) is 15.1. The first-order valence-corrected chi connectivity index (χ1v) is 8.20. The standard InChI is InChI=1S/C18H22N2OS/c1-13-7-8-15(14(2)12-13)19-17(22)20-18(9-3-4-10-18)16-6-5-11-21-16/h5-8,11-12H,3-4,9-10H2,1-2H3,(H2,19,20,22). The molecule has 116 valence electrons. The van der Waals surface area contributed by atoms with Crippen molar-refractivity contribution in [2.45, 2.75) is 45.1 Å². The molecule has 0 atom stereocenters. The minimum Gasteiger partial charge on any atom is -0.467 e. The lowest BCUT2D eigenvalue weighted by atomic mass is 9.94. The number of thiocarbonyl (C=S) groups is 1. The minimum absolute atomic E-state index is 0.161. The predicted octanol–water partition coefficient (Wildman–Crippen LogP) is 4.65. The van der Waals surface area contributed by atoms with E-state index < -0.39 is 0 Å². The van der Waals surface area contributed by atoms with Gasteiger partial charge in [0.2, 0.25) is 0 Å². The number of benzene rings is 1. The third-order valence-corrected chi connectivity index (χ3v) is 4.64. The smallest absolute Gasteiger partial charge is 0.171 e. The van der Waals surface area contributed by atoms with Crippen molar-refractivity contribution in [2.24, 2.45) is 0 Å². The first-order chi connectivity index (χ1) is 10.6. The fourth-order valence-electron chi connectivity index (χ4n) is 3.29. The molecule has 1 aromatic heterocycles. The lowest BCUT2D eigenvalue weighted by Gasteiger charge is -2.30. The van der Waals surface area contributed by atoms with Crippen LogP contribution in [0.25, 0.3) is 0 Å². The lowest BCUT2D eigenvalue weighted by molar-refractivity contribution is 0.317. The summed E-state index contributed by atoms with van der Waals surface area (Å²) in [6, 6.07) is 10.3. The van der Waals surface area contributed by atoms with Crippen LogP contribution in [0.4, 0.5) is 5.69 Å². The number of hydrogen-bond acceptors (Lipinski definition) is 2. The number of rotatable bonds is 3. The molecule has 0 spiro atoms. The molecule has 2 aromatic rings. The maximum atomic E-state index is 5.66. The zero-order valence-corrected chi connectivity index (χ0v) is 13.9. The molecule has 3 rings (SSSR count). The summed E-state index contributed by atoms with van der Waals surface area (Å²) < 4.78 is 5.66. The molecule has 1 fully saturated rings. The van der Waals surface area contributed by atoms with Gasteiger partial charge in [0, 0.05) is 5.69 Å². The Morgan fingerprint density at radius 2 is 1.95 bits per heavy atom. The van der Waals surface area contributed by atoms with Crippen LogP contribution in [-0.2, 0) is 5.54 Å². The van der Waals surface area contributed by atoms with Crippen LogP contribution in [-0.4, -0.2) is 5.11 Å². The van der Waals surface area contributed by atoms with Crippen molar-refractivity contribution < 1.29 is 4.42 Å². The van der Waals surface area contributed by atoms with Crippen LogP contribution in [0, 0.1) is 13.8 Å². The van der Waals surface area contributed by atoms with Crippen LogP contribution in [0.3, 0.4) is 0 Å². The molecule has 2 N–H and O–H groups in total. The Bertz CT molecular complexity index is 658. The highest BCUT2D eigenvalue weighted by atomic mass is 32.1. The molecule has 1 heterocycles. The van der Waals surface area contributed by atoms with Gasteiger partial charge in [-0.05, 0) is 62.7 Å². The van der Waals surface area contributed by atoms with Crippen molar-refractivity contribution in [1.29, 1.82) is 0 Å². The van der Waals surface area contributed by atoms with E-state index in [1.54, 1.807) is 6.26 Å². The zero-order valence-electron chi connectivity index (χ0n) is 13.1. The maximum absolute atomic E-state index is 5.66. The normalized spacial score (nSPS) is 16.5. The quantitative estimate of drug-likeness (QED) is 0.809. The van der Waals surface area contributed by atoms with E-state index in [4.69, 9.17) is 16.6 Å². The van der Waals surface area contributed by atoms with E-state index in [0.29, 0.717) is 5.11 Å². The highest BCUT2D eigenvalue weighted by Crippen LogP contribution is 2.39. The van der Waals surface area contributed by atoms with Crippen molar-refractivity contribution >= 4 is 23.0 Å². The molecular formula is C18H22N2OS. The Labute approximate surface area is 137 Å². The molecule has 0 amide bonds. The maximum Gasteiger partial charge on any atom is 0.171 e. The molecule has 0 radical (unpaired) electrons. The van der Waals surface area contributed by atoms with Gasteiger partial charge >= 0.3 is 0 Å². The number of aryl methyl sites for hydroxylation is 2. The Balaban J connectivity index is 1.75. The summed E-state index contributed by atoms with van der Waals surface area (Å²) >= 11 is 5.55. The number of anilines is 1. The predicted molar refractivity (Wildman–Crippen MR) is 94.1 cm³/mol. The van der Waals surface area contributed by atoms with Gasteiger partial charge in [-0.15, -0.1) is 0 Å². The molecule has 1 saturated carbocycles. The van der Waals surface area contributed by atoms with E-state index >= 15 is 0 Å². The second kappa shape index (κ2) is 6.13. The van der Waals surface area contributed by atoms with E-state index in [2.05, 4.69) is 42.7 Å². The Hall–Kier alpha value is -1.81. The topological polar surface area (TPSA) is 37.2 Å². The van der Waals surface area contributed by atoms with Gasteiger partial charge in [0.1, 0.15) is 5.76 Å². The summed E-state index contributed by atoms with van der Waals surface area (Å²) in [7, 11) is 0. The van der Waals surface area contributed by atoms with Crippen molar-refractivity contribution in [2.75, 3.05) is 5.32 Å². The molecule has 3 nitrogen and oxygen atoms in total. The van der Waals surface area contributed by atoms with Gasteiger partial charge in [0.15, 0.2) is 5.11 Å². The van der Waals surface area contributed by atoms with Gasteiger partial charge in [0.05, 0.1) is 11.8 Å². The van der Waals surface area contributed by atoms with Gasteiger partial charge < -0.3 is 15.1 Å². The average Bonchev–Trinajstić information content (AvgIpc) is 3.13. The third-order valence-electron chi connectivity index (χ3n) is 4.43. The molecule has 0 saturated heterocycles. The molecule has 0 aliphatic heterocycles. The summed E-state index contributed by atoms with van der Waals surface area (Å²) in [6.07, 6.45) is 6.22. The van der Waals surface area contributed by atoms with Gasteiger partial charge in [-0.25, -0.2) is 0 Å². The van der Waals surface area contributed by atoms with E-state index in [0.717, 1.165) is 24.3 Å². The molecule has 0 bridgehead atoms. The lowest BCUT2D eigenvalue weighted by Crippen LogP contribution is -2.45. The van der Waals surface area contributed by atoms with Crippen molar-refractivity contribution in [3.63, 3.8) is 0 Å². The van der Waals surface area contributed by atoms with Crippen LogP contribution in [0.2, 0.25) is 0 Å². The van der Waals surface area contributed by atoms with E-state index in [-0.39, 0.29) is 5.54 Å². The van der Waals surface area contributed by atoms with Crippen molar-refractivity contribution in [3.8, 4) is 0 Å². The second-order valence-electron chi connectivity index (χ2n) is 6.16. The molecule has 1 aliphatic carbocycles. The second-order valence-corrected chi connectivity index (χ2v) is 6.57. The largest absolute Gasteiger partial charge is 0.467 e. The van der Waals surface area contributed by atoms with Crippen LogP contribution in [0.1, 0.15) is 42.6 Å². The first-order valence-electron chi connectivity index (χ1n) is 7.79. The summed E-state index contributed by atoms with van der Waals surface area (Å²) in [5.74, 6) is 0.981. The zero-order chi connectivity index (χ0) is 15.6. The minimum atomic E-state index is -0.161. The summed E-state index contributed by atoms with van der Waals surface area (Å²) in [6.45, 7) is 4.19. The SMILES string of the molecule is Cc1ccc(NC(=S)NC2(c3ccco3)CCCC2)c(C)c1. The number of nitrogens with one attached hydrogen (secondary N) is 2. The van der Waals surface area contributed by atoms with Crippen LogP contribution < -0.4 is 10.6 Å². The van der Waals surface area contributed by atoms with E-state index in [1.807, 2.05) is 12.1 Å². The Morgan fingerprint density at radius 1 is 1.18 bits per heavy atom. The Kier molecular flexibility index (Phi) is 4.21. The van der Waals surface area contributed by atoms with Crippen LogP contribution >= 0.6 is 12.2 Å². The van der Waals surface area contributed by atoms with E-state index in [1.165, 1.54) is 24.0 Å². The van der Waals surface area contributed by atoms with Crippen LogP contribution in [0.15, 0.2) is 41.0 Å². The number of hydrogen-bond donors (Lipinski definition) is 2. The fraction of sp³-hybridized carbons (Fsp3) is 0.389. The van der Waals surface area contributed by atoms with Crippen molar-refractivity contribution in [1.82, 2.24) is 5.32 Å². The molecule has 4 heteroatoms. The van der Waals surface area contributed by atoms with Crippen molar-refractivity contribution in [3.05, 3.63) is 53.5 Å². The number of furan rings is 1. The third kappa shape index (κ3) is 3.02. The fourth-order valence-corrected chi connectivity index (χ4v) is 3.59. The van der Waals surface area contributed by atoms with E-state index in [9.17, 15) is 0 Å². The van der Waals surface area contributed by atoms with Crippen LogP contribution in [0.5, 0.6) is 0 Å². The molecule has 1 aliphatic rings.